The fourth-order valence-electron chi connectivity index (χ4n) is 2.16. The number of hydrogen-bond acceptors (Lipinski definition) is 4. The maximum Gasteiger partial charge on any atom is 0.193 e. The third-order valence-electron chi connectivity index (χ3n) is 3.10. The molecule has 0 bridgehead atoms. The Morgan fingerprint density at radius 1 is 1.24 bits per heavy atom. The summed E-state index contributed by atoms with van der Waals surface area (Å²) in [5, 5.41) is 3.73. The van der Waals surface area contributed by atoms with Gasteiger partial charge >= 0.3 is 0 Å². The number of ether oxygens (including phenoxy) is 2. The Morgan fingerprint density at radius 3 is 2.48 bits per heavy atom. The Kier molecular flexibility index (Phi) is 5.56. The second-order valence-electron chi connectivity index (χ2n) is 4.36. The van der Waals surface area contributed by atoms with Crippen LogP contribution in [-0.4, -0.2) is 20.8 Å². The molecule has 0 radical (unpaired) electrons. The highest BCUT2D eigenvalue weighted by atomic mass is 79.9. The molecule has 0 aliphatic carbocycles. The van der Waals surface area contributed by atoms with Crippen LogP contribution >= 0.6 is 27.5 Å². The lowest BCUT2D eigenvalue weighted by atomic mass is 10.0. The molecule has 0 saturated heterocycles. The largest absolute Gasteiger partial charge is 0.496 e. The van der Waals surface area contributed by atoms with Gasteiger partial charge in [0.05, 0.1) is 24.7 Å². The summed E-state index contributed by atoms with van der Waals surface area (Å²) in [7, 11) is 3.26. The van der Waals surface area contributed by atoms with E-state index in [9.17, 15) is 0 Å². The summed E-state index contributed by atoms with van der Waals surface area (Å²) in [4.78, 5) is 0. The molecule has 0 spiro atoms. The van der Waals surface area contributed by atoms with E-state index in [-0.39, 0.29) is 6.04 Å². The van der Waals surface area contributed by atoms with Gasteiger partial charge in [-0.25, -0.2) is 0 Å². The average Bonchev–Trinajstić information content (AvgIpc) is 2.91. The zero-order chi connectivity index (χ0) is 15.4. The van der Waals surface area contributed by atoms with Crippen molar-refractivity contribution >= 4 is 27.5 Å². The highest BCUT2D eigenvalue weighted by molar-refractivity contribution is 9.10. The molecular weight excluding hydrogens is 358 g/mol. The van der Waals surface area contributed by atoms with Crippen LogP contribution in [0.15, 0.2) is 33.2 Å². The molecule has 0 fully saturated rings. The summed E-state index contributed by atoms with van der Waals surface area (Å²) in [5.41, 5.74) is 0.922. The monoisotopic (exact) mass is 373 g/mol. The van der Waals surface area contributed by atoms with Crippen LogP contribution in [0.3, 0.4) is 0 Å². The van der Waals surface area contributed by atoms with E-state index < -0.39 is 0 Å². The molecule has 1 atom stereocenters. The van der Waals surface area contributed by atoms with E-state index in [1.165, 1.54) is 0 Å². The van der Waals surface area contributed by atoms with Crippen LogP contribution in [0.1, 0.15) is 24.3 Å². The number of furan rings is 1. The van der Waals surface area contributed by atoms with Crippen LogP contribution in [0.5, 0.6) is 11.5 Å². The summed E-state index contributed by atoms with van der Waals surface area (Å²) in [6.07, 6.45) is 0. The Hall–Kier alpha value is -1.17. The van der Waals surface area contributed by atoms with Crippen molar-refractivity contribution in [2.75, 3.05) is 20.8 Å². The van der Waals surface area contributed by atoms with Crippen LogP contribution in [0.4, 0.5) is 0 Å². The Balaban J connectivity index is 2.53. The van der Waals surface area contributed by atoms with Crippen molar-refractivity contribution in [1.82, 2.24) is 5.32 Å². The minimum absolute atomic E-state index is 0.167. The summed E-state index contributed by atoms with van der Waals surface area (Å²) < 4.78 is 17.2. The van der Waals surface area contributed by atoms with Crippen LogP contribution < -0.4 is 14.8 Å². The van der Waals surface area contributed by atoms with Gasteiger partial charge in [-0.3, -0.25) is 0 Å². The van der Waals surface area contributed by atoms with E-state index >= 15 is 0 Å². The molecule has 2 rings (SSSR count). The molecule has 1 N–H and O–H groups in total. The van der Waals surface area contributed by atoms with Crippen molar-refractivity contribution in [3.8, 4) is 11.5 Å². The minimum atomic E-state index is -0.167. The lowest BCUT2D eigenvalue weighted by Crippen LogP contribution is -2.22. The van der Waals surface area contributed by atoms with Crippen molar-refractivity contribution in [3.05, 3.63) is 45.3 Å². The number of benzene rings is 1. The SMILES string of the molecule is CCNC(c1ccc(Cl)o1)c1cc(OC)c(Br)cc1OC. The highest BCUT2D eigenvalue weighted by Crippen LogP contribution is 2.38. The highest BCUT2D eigenvalue weighted by Gasteiger charge is 2.22. The van der Waals surface area contributed by atoms with Crippen LogP contribution in [-0.2, 0) is 0 Å². The third-order valence-corrected chi connectivity index (χ3v) is 3.92. The van der Waals surface area contributed by atoms with Gasteiger partial charge in [-0.1, -0.05) is 6.92 Å². The molecule has 6 heteroatoms. The molecule has 2 aromatic rings. The summed E-state index contributed by atoms with van der Waals surface area (Å²) >= 11 is 9.35. The first-order valence-corrected chi connectivity index (χ1v) is 7.67. The quantitative estimate of drug-likeness (QED) is 0.813. The van der Waals surface area contributed by atoms with Crippen molar-refractivity contribution in [3.63, 3.8) is 0 Å². The normalized spacial score (nSPS) is 12.2. The number of halogens is 2. The maximum atomic E-state index is 5.89. The summed E-state index contributed by atoms with van der Waals surface area (Å²) in [6.45, 7) is 2.80. The zero-order valence-electron chi connectivity index (χ0n) is 12.1. The van der Waals surface area contributed by atoms with Crippen LogP contribution in [0.25, 0.3) is 0 Å². The van der Waals surface area contributed by atoms with E-state index in [1.54, 1.807) is 20.3 Å². The molecule has 21 heavy (non-hydrogen) atoms. The Labute approximate surface area is 137 Å². The van der Waals surface area contributed by atoms with Crippen molar-refractivity contribution < 1.29 is 13.9 Å². The lowest BCUT2D eigenvalue weighted by molar-refractivity contribution is 0.384. The van der Waals surface area contributed by atoms with Crippen molar-refractivity contribution in [1.29, 1.82) is 0 Å². The first kappa shape index (κ1) is 16.2. The smallest absolute Gasteiger partial charge is 0.193 e. The van der Waals surface area contributed by atoms with E-state index in [0.29, 0.717) is 5.22 Å². The molecule has 1 aromatic carbocycles. The molecule has 1 aromatic heterocycles. The molecule has 0 aliphatic heterocycles. The number of methoxy groups -OCH3 is 2. The van der Waals surface area contributed by atoms with Gasteiger partial charge in [0.2, 0.25) is 0 Å². The first-order chi connectivity index (χ1) is 10.1. The number of hydrogen-bond donors (Lipinski definition) is 1. The molecule has 0 aliphatic rings. The predicted molar refractivity (Wildman–Crippen MR) is 86.5 cm³/mol. The second kappa shape index (κ2) is 7.20. The lowest BCUT2D eigenvalue weighted by Gasteiger charge is -2.20. The van der Waals surface area contributed by atoms with Gasteiger partial charge in [0.1, 0.15) is 17.3 Å². The van der Waals surface area contributed by atoms with E-state index in [1.807, 2.05) is 25.1 Å². The van der Waals surface area contributed by atoms with Gasteiger partial charge in [-0.05, 0) is 58.3 Å². The fourth-order valence-corrected chi connectivity index (χ4v) is 2.80. The average molecular weight is 375 g/mol. The van der Waals surface area contributed by atoms with Gasteiger partial charge in [0.25, 0.3) is 0 Å². The van der Waals surface area contributed by atoms with E-state index in [2.05, 4.69) is 21.2 Å². The molecular formula is C15H17BrClNO3. The molecule has 1 heterocycles. The van der Waals surface area contributed by atoms with Gasteiger partial charge in [-0.2, -0.15) is 0 Å². The molecule has 1 unspecified atom stereocenters. The second-order valence-corrected chi connectivity index (χ2v) is 5.59. The summed E-state index contributed by atoms with van der Waals surface area (Å²) in [6, 6.07) is 7.21. The summed E-state index contributed by atoms with van der Waals surface area (Å²) in [5.74, 6) is 2.19. The number of nitrogens with one attached hydrogen (secondary N) is 1. The molecule has 114 valence electrons. The fraction of sp³-hybridized carbons (Fsp3) is 0.333. The van der Waals surface area contributed by atoms with Crippen LogP contribution in [0.2, 0.25) is 5.22 Å². The molecule has 0 amide bonds. The van der Waals surface area contributed by atoms with E-state index in [4.69, 9.17) is 25.5 Å². The Bertz CT molecular complexity index is 615. The topological polar surface area (TPSA) is 43.6 Å². The first-order valence-electron chi connectivity index (χ1n) is 6.50. The molecule has 0 saturated carbocycles. The number of rotatable bonds is 6. The predicted octanol–water partition coefficient (Wildman–Crippen LogP) is 4.41. The van der Waals surface area contributed by atoms with Crippen LogP contribution in [0, 0.1) is 0 Å². The van der Waals surface area contributed by atoms with Crippen molar-refractivity contribution in [2.24, 2.45) is 0 Å². The Morgan fingerprint density at radius 2 is 1.95 bits per heavy atom. The minimum Gasteiger partial charge on any atom is -0.496 e. The standard InChI is InChI=1S/C15H17BrClNO3/c1-4-18-15(11-5-6-14(17)21-11)9-7-13(20-3)10(16)8-12(9)19-2/h5-8,15,18H,4H2,1-3H3. The zero-order valence-corrected chi connectivity index (χ0v) is 14.4. The maximum absolute atomic E-state index is 5.89. The van der Waals surface area contributed by atoms with Crippen molar-refractivity contribution in [2.45, 2.75) is 13.0 Å². The van der Waals surface area contributed by atoms with Gasteiger partial charge < -0.3 is 19.2 Å². The molecule has 4 nitrogen and oxygen atoms in total. The van der Waals surface area contributed by atoms with Gasteiger partial charge in [-0.15, -0.1) is 0 Å². The third kappa shape index (κ3) is 3.54. The van der Waals surface area contributed by atoms with Gasteiger partial charge in [0, 0.05) is 5.56 Å². The van der Waals surface area contributed by atoms with Gasteiger partial charge in [0.15, 0.2) is 5.22 Å². The van der Waals surface area contributed by atoms with E-state index in [0.717, 1.165) is 33.8 Å².